The number of hydrogen-bond acceptors (Lipinski definition) is 16. The topological polar surface area (TPSA) is 236 Å². The highest BCUT2D eigenvalue weighted by Gasteiger charge is 2.51. The van der Waals surface area contributed by atoms with Crippen LogP contribution in [0.1, 0.15) is 0 Å². The van der Waals surface area contributed by atoms with Crippen molar-refractivity contribution in [1.29, 1.82) is 0 Å². The summed E-state index contributed by atoms with van der Waals surface area (Å²) in [7, 11) is 4.10. The third-order valence-electron chi connectivity index (χ3n) is 7.88. The average molecular weight is 653 g/mol. The molecule has 0 amide bonds. The van der Waals surface area contributed by atoms with E-state index >= 15 is 0 Å². The summed E-state index contributed by atoms with van der Waals surface area (Å²) in [5.74, 6) is 0.547. The Bertz CT molecular complexity index is 1540. The monoisotopic (exact) mass is 652 g/mol. The largest absolute Gasteiger partial charge is 0.497 e. The highest BCUT2D eigenvalue weighted by Crippen LogP contribution is 2.44. The Labute approximate surface area is 261 Å². The van der Waals surface area contributed by atoms with E-state index in [1.807, 2.05) is 0 Å². The third-order valence-corrected chi connectivity index (χ3v) is 7.88. The Kier molecular flexibility index (Phi) is 10.3. The molecule has 2 aliphatic rings. The van der Waals surface area contributed by atoms with Gasteiger partial charge < -0.3 is 73.3 Å². The molecule has 2 aliphatic heterocycles. The molecule has 10 atom stereocenters. The van der Waals surface area contributed by atoms with Gasteiger partial charge in [0.15, 0.2) is 23.2 Å². The number of rotatable bonds is 10. The maximum Gasteiger partial charge on any atom is 0.229 e. The van der Waals surface area contributed by atoms with Crippen LogP contribution in [0.4, 0.5) is 0 Å². The van der Waals surface area contributed by atoms with Crippen LogP contribution in [-0.4, -0.2) is 132 Å². The van der Waals surface area contributed by atoms with Crippen LogP contribution in [0.25, 0.3) is 22.3 Å². The first-order valence-corrected chi connectivity index (χ1v) is 14.2. The van der Waals surface area contributed by atoms with Crippen molar-refractivity contribution in [3.05, 3.63) is 46.6 Å². The molecule has 252 valence electrons. The van der Waals surface area contributed by atoms with Gasteiger partial charge in [0.05, 0.1) is 34.5 Å². The molecule has 2 fully saturated rings. The Balaban J connectivity index is 1.50. The molecule has 16 nitrogen and oxygen atoms in total. The molecule has 0 saturated carbocycles. The summed E-state index contributed by atoms with van der Waals surface area (Å²) in [6.45, 7) is -1.50. The first kappa shape index (κ1) is 33.8. The Hall–Kier alpha value is -3.55. The summed E-state index contributed by atoms with van der Waals surface area (Å²) >= 11 is 0. The number of fused-ring (bicyclic) bond motifs is 1. The van der Waals surface area contributed by atoms with E-state index in [1.54, 1.807) is 24.3 Å². The van der Waals surface area contributed by atoms with Crippen molar-refractivity contribution in [2.75, 3.05) is 34.5 Å². The quantitative estimate of drug-likeness (QED) is 0.132. The van der Waals surface area contributed by atoms with E-state index < -0.39 is 80.1 Å². The molecular formula is C30H36O16. The summed E-state index contributed by atoms with van der Waals surface area (Å²) in [5.41, 5.74) is 0.124. The molecule has 3 aromatic rings. The van der Waals surface area contributed by atoms with Crippen LogP contribution in [-0.2, 0) is 14.2 Å². The van der Waals surface area contributed by atoms with E-state index in [-0.39, 0.29) is 34.0 Å². The van der Waals surface area contributed by atoms with Crippen molar-refractivity contribution in [3.8, 4) is 34.3 Å². The van der Waals surface area contributed by atoms with Gasteiger partial charge in [0, 0.05) is 17.7 Å². The van der Waals surface area contributed by atoms with Gasteiger partial charge in [0.1, 0.15) is 71.3 Å². The van der Waals surface area contributed by atoms with Crippen molar-refractivity contribution in [2.24, 2.45) is 0 Å². The first-order valence-electron chi connectivity index (χ1n) is 14.2. The standard InChI is InChI=1S/C30H36O16/c1-39-13-6-4-12(5-7-13)15-8-14(33)20-16(42-15)9-17(26(40-2)27(20)41-3)43-30-25(38)28(22(35)19(11-32)45-30)46-29-24(37)23(36)21(34)18(10-31)44-29/h4-9,18-19,21-25,28-32,34-38H,10-11H2,1-3H3/t18-,19-,21-,22-,23+,24-,25-,28+,29+,30-/m1/s1. The smallest absolute Gasteiger partial charge is 0.229 e. The highest BCUT2D eigenvalue weighted by atomic mass is 16.7. The molecule has 16 heteroatoms. The van der Waals surface area contributed by atoms with E-state index in [1.165, 1.54) is 33.5 Å². The lowest BCUT2D eigenvalue weighted by molar-refractivity contribution is -0.352. The van der Waals surface area contributed by atoms with Gasteiger partial charge in [-0.1, -0.05) is 0 Å². The number of aliphatic hydroxyl groups excluding tert-OH is 7. The Morgan fingerprint density at radius 1 is 0.717 bits per heavy atom. The zero-order chi connectivity index (χ0) is 33.3. The predicted molar refractivity (Wildman–Crippen MR) is 155 cm³/mol. The lowest BCUT2D eigenvalue weighted by Crippen LogP contribution is -2.65. The molecule has 0 radical (unpaired) electrons. The van der Waals surface area contributed by atoms with Crippen molar-refractivity contribution < 1.29 is 73.3 Å². The molecule has 7 N–H and O–H groups in total. The molecule has 46 heavy (non-hydrogen) atoms. The summed E-state index contributed by atoms with van der Waals surface area (Å²) in [6, 6.07) is 9.38. The van der Waals surface area contributed by atoms with Gasteiger partial charge in [-0.3, -0.25) is 4.79 Å². The minimum absolute atomic E-state index is 0.0177. The van der Waals surface area contributed by atoms with Gasteiger partial charge in [-0.25, -0.2) is 0 Å². The maximum atomic E-state index is 13.3. The normalized spacial score (nSPS) is 31.4. The molecule has 0 spiro atoms. The van der Waals surface area contributed by atoms with E-state index in [0.29, 0.717) is 11.3 Å². The summed E-state index contributed by atoms with van der Waals surface area (Å²) < 4.78 is 44.8. The van der Waals surface area contributed by atoms with Crippen LogP contribution in [0.5, 0.6) is 23.0 Å². The average Bonchev–Trinajstić information content (AvgIpc) is 3.06. The van der Waals surface area contributed by atoms with Crippen molar-refractivity contribution in [3.63, 3.8) is 0 Å². The highest BCUT2D eigenvalue weighted by molar-refractivity contribution is 5.90. The predicted octanol–water partition coefficient (Wildman–Crippen LogP) is -1.51. The van der Waals surface area contributed by atoms with Crippen molar-refractivity contribution in [1.82, 2.24) is 0 Å². The lowest BCUT2D eigenvalue weighted by Gasteiger charge is -2.45. The van der Waals surface area contributed by atoms with E-state index in [4.69, 9.17) is 37.6 Å². The second kappa shape index (κ2) is 14.1. The molecule has 2 aromatic carbocycles. The van der Waals surface area contributed by atoms with Crippen molar-refractivity contribution in [2.45, 2.75) is 61.4 Å². The molecule has 0 unspecified atom stereocenters. The van der Waals surface area contributed by atoms with Gasteiger partial charge in [-0.05, 0) is 24.3 Å². The van der Waals surface area contributed by atoms with Crippen LogP contribution in [0.15, 0.2) is 45.6 Å². The maximum absolute atomic E-state index is 13.3. The van der Waals surface area contributed by atoms with Crippen LogP contribution in [0, 0.1) is 0 Å². The zero-order valence-corrected chi connectivity index (χ0v) is 25.0. The second-order valence-corrected chi connectivity index (χ2v) is 10.6. The SMILES string of the molecule is COc1ccc(-c2cc(=O)c3c(OC)c(OC)c(O[C@@H]4O[C@H](CO)[C@@H](O)[C@H](O[C@@H]5O[C@H](CO)[C@@H](O)[C@H](O)[C@H]5O)[C@H]4O)cc3o2)cc1. The Morgan fingerprint density at radius 3 is 1.96 bits per heavy atom. The number of hydrogen-bond donors (Lipinski definition) is 7. The lowest BCUT2D eigenvalue weighted by atomic mass is 9.97. The number of benzene rings is 2. The van der Waals surface area contributed by atoms with Crippen LogP contribution in [0.3, 0.4) is 0 Å². The first-order chi connectivity index (χ1) is 22.1. The summed E-state index contributed by atoms with van der Waals surface area (Å²) in [4.78, 5) is 13.3. The second-order valence-electron chi connectivity index (χ2n) is 10.6. The van der Waals surface area contributed by atoms with Gasteiger partial charge in [-0.2, -0.15) is 0 Å². The van der Waals surface area contributed by atoms with Gasteiger partial charge in [-0.15, -0.1) is 0 Å². The van der Waals surface area contributed by atoms with Crippen LogP contribution < -0.4 is 24.4 Å². The molecule has 2 saturated heterocycles. The fourth-order valence-corrected chi connectivity index (χ4v) is 5.39. The third kappa shape index (κ3) is 6.24. The van der Waals surface area contributed by atoms with E-state index in [0.717, 1.165) is 0 Å². The number of ether oxygens (including phenoxy) is 7. The van der Waals surface area contributed by atoms with Gasteiger partial charge in [0.25, 0.3) is 0 Å². The molecular weight excluding hydrogens is 616 g/mol. The molecule has 5 rings (SSSR count). The number of aliphatic hydroxyl groups is 7. The number of methoxy groups -OCH3 is 3. The minimum Gasteiger partial charge on any atom is -0.497 e. The molecule has 0 bridgehead atoms. The summed E-state index contributed by atoms with van der Waals surface area (Å²) in [5, 5.41) is 72.2. The molecule has 0 aliphatic carbocycles. The fourth-order valence-electron chi connectivity index (χ4n) is 5.39. The van der Waals surface area contributed by atoms with E-state index in [2.05, 4.69) is 0 Å². The van der Waals surface area contributed by atoms with Crippen LogP contribution >= 0.6 is 0 Å². The van der Waals surface area contributed by atoms with Crippen molar-refractivity contribution >= 4 is 11.0 Å². The fraction of sp³-hybridized carbons (Fsp3) is 0.500. The Morgan fingerprint density at radius 2 is 1.35 bits per heavy atom. The summed E-state index contributed by atoms with van der Waals surface area (Å²) in [6.07, 6.45) is -16.7. The molecule has 1 aromatic heterocycles. The van der Waals surface area contributed by atoms with E-state index in [9.17, 15) is 40.5 Å². The van der Waals surface area contributed by atoms with Gasteiger partial charge >= 0.3 is 0 Å². The molecule has 3 heterocycles. The van der Waals surface area contributed by atoms with Gasteiger partial charge in [0.2, 0.25) is 12.0 Å². The zero-order valence-electron chi connectivity index (χ0n) is 25.0. The minimum atomic E-state index is -1.85. The van der Waals surface area contributed by atoms with Crippen LogP contribution in [0.2, 0.25) is 0 Å².